The van der Waals surface area contributed by atoms with Gasteiger partial charge in [0.15, 0.2) is 6.35 Å². The molecule has 0 radical (unpaired) electrons. The topological polar surface area (TPSA) is 79.4 Å². The summed E-state index contributed by atoms with van der Waals surface area (Å²) in [5.41, 5.74) is 1.20. The fourth-order valence-electron chi connectivity index (χ4n) is 6.37. The van der Waals surface area contributed by atoms with Crippen LogP contribution < -0.4 is 5.32 Å². The third kappa shape index (κ3) is 5.12. The number of carbonyl (C=O) groups is 2. The normalized spacial score (nSPS) is 29.9. The smallest absolute Gasteiger partial charge is 0.239 e. The highest BCUT2D eigenvalue weighted by Gasteiger charge is 2.55. The minimum atomic E-state index is -0.767. The van der Waals surface area contributed by atoms with Gasteiger partial charge in [-0.1, -0.05) is 36.8 Å². The molecule has 2 saturated carbocycles. The molecule has 1 spiro atoms. The van der Waals surface area contributed by atoms with E-state index in [1.165, 1.54) is 29.7 Å². The van der Waals surface area contributed by atoms with Crippen LogP contribution in [0.15, 0.2) is 30.3 Å². The molecule has 8 nitrogen and oxygen atoms in total. The number of nitrogens with one attached hydrogen (secondary N) is 1. The molecular weight excluding hydrogens is 442 g/mol. The van der Waals surface area contributed by atoms with Crippen molar-refractivity contribution >= 4 is 11.8 Å². The molecule has 2 N–H and O–H groups in total. The number of amides is 2. The first-order valence-corrected chi connectivity index (χ1v) is 13.1. The second-order valence-electron chi connectivity index (χ2n) is 11.1. The van der Waals surface area contributed by atoms with Crippen LogP contribution in [0.4, 0.5) is 0 Å². The van der Waals surface area contributed by atoms with E-state index >= 15 is 0 Å². The number of hydrogen-bond donors (Lipinski definition) is 2. The molecule has 0 aromatic heterocycles. The Morgan fingerprint density at radius 1 is 1.09 bits per heavy atom. The maximum atomic E-state index is 12.9. The third-order valence-corrected chi connectivity index (χ3v) is 8.99. The first-order valence-electron chi connectivity index (χ1n) is 13.1. The van der Waals surface area contributed by atoms with Crippen LogP contribution in [-0.2, 0) is 15.1 Å². The van der Waals surface area contributed by atoms with Crippen LogP contribution in [0.25, 0.3) is 0 Å². The largest absolute Gasteiger partial charge is 0.365 e. The van der Waals surface area contributed by atoms with E-state index in [1.54, 1.807) is 14.1 Å². The predicted octanol–water partition coefficient (Wildman–Crippen LogP) is 1.65. The van der Waals surface area contributed by atoms with E-state index in [4.69, 9.17) is 0 Å². The van der Waals surface area contributed by atoms with Crippen LogP contribution in [0, 0.1) is 5.92 Å². The Balaban J connectivity index is 1.52. The number of nitrogens with zero attached hydrogens (tertiary/aromatic N) is 4. The van der Waals surface area contributed by atoms with Gasteiger partial charge in [-0.2, -0.15) is 0 Å². The monoisotopic (exact) mass is 485 g/mol. The Kier molecular flexibility index (Phi) is 7.86. The molecule has 3 aliphatic rings. The molecule has 8 heteroatoms. The summed E-state index contributed by atoms with van der Waals surface area (Å²) in [6.07, 6.45) is 6.91. The van der Waals surface area contributed by atoms with Crippen molar-refractivity contribution in [2.75, 3.05) is 54.4 Å². The van der Waals surface area contributed by atoms with E-state index in [2.05, 4.69) is 59.5 Å². The molecule has 0 bridgehead atoms. The first-order chi connectivity index (χ1) is 16.7. The van der Waals surface area contributed by atoms with Crippen molar-refractivity contribution < 1.29 is 14.7 Å². The molecule has 2 aliphatic carbocycles. The van der Waals surface area contributed by atoms with Gasteiger partial charge >= 0.3 is 0 Å². The fraction of sp³-hybridized carbons (Fsp3) is 0.704. The summed E-state index contributed by atoms with van der Waals surface area (Å²) in [5, 5.41) is 14.0. The van der Waals surface area contributed by atoms with Gasteiger partial charge in [-0.05, 0) is 64.1 Å². The number of benzene rings is 1. The Bertz CT molecular complexity index is 880. The van der Waals surface area contributed by atoms with Gasteiger partial charge in [-0.15, -0.1) is 0 Å². The Hall–Kier alpha value is -2.00. The molecule has 1 unspecified atom stereocenters. The average Bonchev–Trinajstić information content (AvgIpc) is 3.07. The van der Waals surface area contributed by atoms with Gasteiger partial charge in [0.2, 0.25) is 11.8 Å². The molecule has 2 amide bonds. The maximum Gasteiger partial charge on any atom is 0.239 e. The number of aliphatic hydroxyl groups is 1. The molecule has 1 aliphatic heterocycles. The van der Waals surface area contributed by atoms with E-state index in [0.717, 1.165) is 32.2 Å². The second-order valence-corrected chi connectivity index (χ2v) is 11.1. The van der Waals surface area contributed by atoms with Gasteiger partial charge in [0.1, 0.15) is 0 Å². The summed E-state index contributed by atoms with van der Waals surface area (Å²) >= 11 is 0. The second kappa shape index (κ2) is 10.5. The summed E-state index contributed by atoms with van der Waals surface area (Å²) < 4.78 is 0. The highest BCUT2D eigenvalue weighted by Crippen LogP contribution is 2.50. The zero-order valence-corrected chi connectivity index (χ0v) is 21.9. The summed E-state index contributed by atoms with van der Waals surface area (Å²) in [7, 11) is 7.56. The van der Waals surface area contributed by atoms with Crippen LogP contribution in [0.3, 0.4) is 0 Å². The van der Waals surface area contributed by atoms with Gasteiger partial charge in [-0.25, -0.2) is 0 Å². The predicted molar refractivity (Wildman–Crippen MR) is 136 cm³/mol. The van der Waals surface area contributed by atoms with Crippen LogP contribution in [0.5, 0.6) is 0 Å². The van der Waals surface area contributed by atoms with E-state index in [0.29, 0.717) is 12.5 Å². The van der Waals surface area contributed by atoms with E-state index < -0.39 is 6.35 Å². The molecule has 1 heterocycles. The molecule has 4 rings (SSSR count). The standard InChI is InChI=1S/C27H43N5O3/c1-28-23(33)18-30(4)24(34)19-31-20-26(32(25(31)35)17-21-9-8-10-21)13-15-27(16-14-26,29(2)3)22-11-6-5-7-12-22/h5-7,11-12,21,25,35H,8-10,13-20H2,1-4H3,(H,28,33)/t25?,26-,27+. The van der Waals surface area contributed by atoms with Crippen LogP contribution in [0.1, 0.15) is 50.5 Å². The fourth-order valence-corrected chi connectivity index (χ4v) is 6.37. The zero-order valence-electron chi connectivity index (χ0n) is 21.9. The lowest BCUT2D eigenvalue weighted by Gasteiger charge is -2.52. The minimum Gasteiger partial charge on any atom is -0.365 e. The van der Waals surface area contributed by atoms with Crippen molar-refractivity contribution in [3.05, 3.63) is 35.9 Å². The summed E-state index contributed by atoms with van der Waals surface area (Å²) in [4.78, 5) is 32.7. The molecule has 35 heavy (non-hydrogen) atoms. The van der Waals surface area contributed by atoms with Crippen LogP contribution in [-0.4, -0.2) is 103 Å². The van der Waals surface area contributed by atoms with Crippen molar-refractivity contribution in [3.63, 3.8) is 0 Å². The van der Waals surface area contributed by atoms with Crippen molar-refractivity contribution in [2.45, 2.75) is 62.4 Å². The lowest BCUT2D eigenvalue weighted by Crippen LogP contribution is -2.57. The van der Waals surface area contributed by atoms with Crippen molar-refractivity contribution in [3.8, 4) is 0 Å². The zero-order chi connectivity index (χ0) is 25.2. The summed E-state index contributed by atoms with van der Waals surface area (Å²) in [5.74, 6) is 0.290. The number of carbonyl (C=O) groups excluding carboxylic acids is 2. The van der Waals surface area contributed by atoms with Crippen LogP contribution in [0.2, 0.25) is 0 Å². The van der Waals surface area contributed by atoms with Gasteiger partial charge in [-0.3, -0.25) is 24.3 Å². The van der Waals surface area contributed by atoms with Crippen LogP contribution >= 0.6 is 0 Å². The first kappa shape index (κ1) is 26.1. The number of likely N-dealkylation sites (N-methyl/N-ethyl adjacent to an activating group) is 2. The molecule has 1 saturated heterocycles. The third-order valence-electron chi connectivity index (χ3n) is 8.99. The highest BCUT2D eigenvalue weighted by atomic mass is 16.3. The van der Waals surface area contributed by atoms with Gasteiger partial charge in [0.05, 0.1) is 13.1 Å². The van der Waals surface area contributed by atoms with E-state index in [-0.39, 0.29) is 36.0 Å². The number of hydrogen-bond acceptors (Lipinski definition) is 6. The highest BCUT2D eigenvalue weighted by molar-refractivity contribution is 5.85. The maximum absolute atomic E-state index is 12.9. The Morgan fingerprint density at radius 3 is 2.29 bits per heavy atom. The van der Waals surface area contributed by atoms with E-state index in [1.807, 2.05) is 4.90 Å². The van der Waals surface area contributed by atoms with Crippen molar-refractivity contribution in [1.82, 2.24) is 24.9 Å². The molecule has 1 atom stereocenters. The van der Waals surface area contributed by atoms with Gasteiger partial charge in [0.25, 0.3) is 0 Å². The summed E-state index contributed by atoms with van der Waals surface area (Å²) in [6, 6.07) is 10.8. The average molecular weight is 486 g/mol. The lowest BCUT2D eigenvalue weighted by molar-refractivity contribution is -0.140. The lowest BCUT2D eigenvalue weighted by atomic mass is 9.68. The van der Waals surface area contributed by atoms with Gasteiger partial charge < -0.3 is 15.3 Å². The summed E-state index contributed by atoms with van der Waals surface area (Å²) in [6.45, 7) is 1.71. The molecule has 1 aromatic rings. The van der Waals surface area contributed by atoms with Crippen molar-refractivity contribution in [2.24, 2.45) is 5.92 Å². The molecular formula is C27H43N5O3. The minimum absolute atomic E-state index is 0.0173. The molecule has 3 fully saturated rings. The molecule has 1 aromatic carbocycles. The van der Waals surface area contributed by atoms with Crippen molar-refractivity contribution in [1.29, 1.82) is 0 Å². The van der Waals surface area contributed by atoms with E-state index in [9.17, 15) is 14.7 Å². The quantitative estimate of drug-likeness (QED) is 0.583. The van der Waals surface area contributed by atoms with Gasteiger partial charge in [0, 0.05) is 38.3 Å². The SMILES string of the molecule is CNC(=O)CN(C)C(=O)CN1C[C@]2(CC[C@](c3ccccc3)(N(C)C)CC2)N(CC2CCC2)C1O. The molecule has 194 valence electrons. The number of rotatable bonds is 8. The Morgan fingerprint density at radius 2 is 1.74 bits per heavy atom. The number of aliphatic hydroxyl groups excluding tert-OH is 1. The Labute approximate surface area is 210 Å².